The first kappa shape index (κ1) is 19.2. The van der Waals surface area contributed by atoms with Crippen LogP contribution >= 0.6 is 0 Å². The van der Waals surface area contributed by atoms with Crippen molar-refractivity contribution in [1.29, 1.82) is 0 Å². The standard InChI is InChI=1S/C21H30O6/c1-19-9-16(24)18-13(14(19)5-6-15(19)17(25)10-22)4-3-11-7-12(23)8-21(26,27)20(11,18)2/h7,13-16,18,22,24,26-27H,3-6,8-10H2,1-2H3/t13-,14-,15+,16-,18+,19-,20-/m0/s1. The molecule has 0 aromatic heterocycles. The Balaban J connectivity index is 1.76. The summed E-state index contributed by atoms with van der Waals surface area (Å²) in [6.45, 7) is 3.35. The molecule has 0 unspecified atom stereocenters. The zero-order chi connectivity index (χ0) is 19.8. The Morgan fingerprint density at radius 3 is 2.59 bits per heavy atom. The molecule has 27 heavy (non-hydrogen) atoms. The van der Waals surface area contributed by atoms with E-state index in [-0.39, 0.29) is 47.1 Å². The second kappa shape index (κ2) is 5.96. The molecule has 0 aromatic rings. The molecule has 0 heterocycles. The second-order valence-corrected chi connectivity index (χ2v) is 9.70. The van der Waals surface area contributed by atoms with Crippen molar-refractivity contribution in [2.45, 2.75) is 64.3 Å². The molecule has 4 aliphatic rings. The summed E-state index contributed by atoms with van der Waals surface area (Å²) in [5.41, 5.74) is -0.715. The summed E-state index contributed by atoms with van der Waals surface area (Å²) in [6.07, 6.45) is 3.74. The van der Waals surface area contributed by atoms with Crippen molar-refractivity contribution in [3.63, 3.8) is 0 Å². The van der Waals surface area contributed by atoms with E-state index in [1.165, 1.54) is 0 Å². The number of Topliss-reactive ketones (excluding diaryl/α,β-unsaturated/α-hetero) is 1. The Morgan fingerprint density at radius 2 is 1.93 bits per heavy atom. The highest BCUT2D eigenvalue weighted by Crippen LogP contribution is 2.67. The van der Waals surface area contributed by atoms with Gasteiger partial charge in [0.15, 0.2) is 17.4 Å². The molecule has 0 radical (unpaired) electrons. The van der Waals surface area contributed by atoms with Crippen molar-refractivity contribution in [2.75, 3.05) is 6.61 Å². The molecule has 4 rings (SSSR count). The molecule has 7 atom stereocenters. The molecular formula is C21H30O6. The number of rotatable bonds is 2. The fraction of sp³-hybridized carbons (Fsp3) is 0.810. The average Bonchev–Trinajstić information content (AvgIpc) is 2.91. The quantitative estimate of drug-likeness (QED) is 0.532. The molecule has 0 amide bonds. The predicted molar refractivity (Wildman–Crippen MR) is 96.2 cm³/mol. The van der Waals surface area contributed by atoms with Crippen LogP contribution < -0.4 is 0 Å². The lowest BCUT2D eigenvalue weighted by molar-refractivity contribution is -0.276. The maximum atomic E-state index is 12.3. The van der Waals surface area contributed by atoms with Gasteiger partial charge in [0.2, 0.25) is 0 Å². The van der Waals surface area contributed by atoms with Crippen LogP contribution in [-0.2, 0) is 9.59 Å². The number of hydrogen-bond acceptors (Lipinski definition) is 6. The summed E-state index contributed by atoms with van der Waals surface area (Å²) < 4.78 is 0. The molecule has 0 bridgehead atoms. The van der Waals surface area contributed by atoms with Crippen molar-refractivity contribution in [1.82, 2.24) is 0 Å². The number of aliphatic hydroxyl groups excluding tert-OH is 2. The van der Waals surface area contributed by atoms with Crippen LogP contribution in [0.15, 0.2) is 11.6 Å². The lowest BCUT2D eigenvalue weighted by Gasteiger charge is -2.62. The largest absolute Gasteiger partial charge is 0.393 e. The van der Waals surface area contributed by atoms with Crippen LogP contribution in [0.4, 0.5) is 0 Å². The molecule has 0 saturated heterocycles. The van der Waals surface area contributed by atoms with Crippen LogP contribution in [0.1, 0.15) is 52.4 Å². The molecule has 0 aromatic carbocycles. The topological polar surface area (TPSA) is 115 Å². The molecule has 3 saturated carbocycles. The molecule has 0 spiro atoms. The van der Waals surface area contributed by atoms with Crippen LogP contribution in [0.3, 0.4) is 0 Å². The van der Waals surface area contributed by atoms with Crippen LogP contribution in [0.25, 0.3) is 0 Å². The van der Waals surface area contributed by atoms with Gasteiger partial charge in [0.05, 0.1) is 12.5 Å². The summed E-state index contributed by atoms with van der Waals surface area (Å²) in [7, 11) is 0. The number of hydrogen-bond donors (Lipinski definition) is 4. The number of fused-ring (bicyclic) bond motifs is 5. The maximum absolute atomic E-state index is 12.3. The van der Waals surface area contributed by atoms with Gasteiger partial charge in [-0.3, -0.25) is 9.59 Å². The van der Waals surface area contributed by atoms with Crippen molar-refractivity contribution < 1.29 is 30.0 Å². The second-order valence-electron chi connectivity index (χ2n) is 9.70. The third-order valence-corrected chi connectivity index (χ3v) is 8.66. The Labute approximate surface area is 159 Å². The Kier molecular flexibility index (Phi) is 4.25. The number of carbonyl (C=O) groups is 2. The average molecular weight is 378 g/mol. The zero-order valence-corrected chi connectivity index (χ0v) is 16.0. The molecule has 4 aliphatic carbocycles. The van der Waals surface area contributed by atoms with Gasteiger partial charge in [0.1, 0.15) is 6.61 Å². The molecular weight excluding hydrogens is 348 g/mol. The summed E-state index contributed by atoms with van der Waals surface area (Å²) >= 11 is 0. The molecule has 6 heteroatoms. The number of carbonyl (C=O) groups excluding carboxylic acids is 2. The van der Waals surface area contributed by atoms with Gasteiger partial charge in [0.25, 0.3) is 0 Å². The maximum Gasteiger partial charge on any atom is 0.179 e. The van der Waals surface area contributed by atoms with E-state index >= 15 is 0 Å². The summed E-state index contributed by atoms with van der Waals surface area (Å²) in [5, 5.41) is 42.2. The minimum absolute atomic E-state index is 0.0595. The number of aliphatic hydroxyl groups is 4. The van der Waals surface area contributed by atoms with E-state index in [1.54, 1.807) is 13.0 Å². The van der Waals surface area contributed by atoms with Gasteiger partial charge in [-0.2, -0.15) is 0 Å². The molecule has 0 aliphatic heterocycles. The van der Waals surface area contributed by atoms with E-state index in [4.69, 9.17) is 0 Å². The van der Waals surface area contributed by atoms with Crippen LogP contribution in [-0.4, -0.2) is 50.5 Å². The highest BCUT2D eigenvalue weighted by atomic mass is 16.5. The normalized spacial score (nSPS) is 48.3. The highest BCUT2D eigenvalue weighted by molar-refractivity contribution is 5.92. The van der Waals surface area contributed by atoms with E-state index < -0.39 is 23.9 Å². The molecule has 3 fully saturated rings. The van der Waals surface area contributed by atoms with E-state index in [2.05, 4.69) is 0 Å². The van der Waals surface area contributed by atoms with Gasteiger partial charge in [-0.15, -0.1) is 0 Å². The van der Waals surface area contributed by atoms with Gasteiger partial charge >= 0.3 is 0 Å². The lowest BCUT2D eigenvalue weighted by Crippen LogP contribution is -2.65. The number of ketones is 2. The highest BCUT2D eigenvalue weighted by Gasteiger charge is 2.67. The van der Waals surface area contributed by atoms with Gasteiger partial charge in [-0.25, -0.2) is 0 Å². The SMILES string of the molecule is C[C@]12C[C@H](O)[C@H]3[C@@H](CCC4=CC(=O)CC(O)(O)[C@@]43C)[C@@H]1CC[C@@H]2C(=O)CO. The minimum Gasteiger partial charge on any atom is -0.393 e. The van der Waals surface area contributed by atoms with Crippen molar-refractivity contribution in [2.24, 2.45) is 34.5 Å². The minimum atomic E-state index is -2.18. The van der Waals surface area contributed by atoms with E-state index in [1.807, 2.05) is 6.92 Å². The smallest absolute Gasteiger partial charge is 0.179 e. The molecule has 150 valence electrons. The Hall–Kier alpha value is -1.08. The third kappa shape index (κ3) is 2.40. The first-order chi connectivity index (χ1) is 12.6. The summed E-state index contributed by atoms with van der Waals surface area (Å²) in [6, 6.07) is 0. The van der Waals surface area contributed by atoms with E-state index in [0.717, 1.165) is 18.4 Å². The Morgan fingerprint density at radius 1 is 1.22 bits per heavy atom. The van der Waals surface area contributed by atoms with Gasteiger partial charge < -0.3 is 20.4 Å². The summed E-state index contributed by atoms with van der Waals surface area (Å²) in [5.74, 6) is -2.98. The van der Waals surface area contributed by atoms with Crippen LogP contribution in [0, 0.1) is 34.5 Å². The van der Waals surface area contributed by atoms with Gasteiger partial charge in [-0.05, 0) is 55.4 Å². The summed E-state index contributed by atoms with van der Waals surface area (Å²) in [4.78, 5) is 24.3. The first-order valence-electron chi connectivity index (χ1n) is 10.1. The van der Waals surface area contributed by atoms with E-state index in [0.29, 0.717) is 19.3 Å². The monoisotopic (exact) mass is 378 g/mol. The van der Waals surface area contributed by atoms with E-state index in [9.17, 15) is 30.0 Å². The molecule has 6 nitrogen and oxygen atoms in total. The van der Waals surface area contributed by atoms with Crippen LogP contribution in [0.5, 0.6) is 0 Å². The van der Waals surface area contributed by atoms with Gasteiger partial charge in [-0.1, -0.05) is 19.4 Å². The zero-order valence-electron chi connectivity index (χ0n) is 16.0. The third-order valence-electron chi connectivity index (χ3n) is 8.66. The fourth-order valence-electron chi connectivity index (χ4n) is 7.42. The Bertz CT molecular complexity index is 711. The van der Waals surface area contributed by atoms with Crippen molar-refractivity contribution in [3.8, 4) is 0 Å². The molecule has 4 N–H and O–H groups in total. The fourth-order valence-corrected chi connectivity index (χ4v) is 7.42. The van der Waals surface area contributed by atoms with Crippen LogP contribution in [0.2, 0.25) is 0 Å². The first-order valence-corrected chi connectivity index (χ1v) is 10.1. The lowest BCUT2D eigenvalue weighted by atomic mass is 9.44. The van der Waals surface area contributed by atoms with Crippen molar-refractivity contribution in [3.05, 3.63) is 11.6 Å². The van der Waals surface area contributed by atoms with Crippen molar-refractivity contribution >= 4 is 11.6 Å². The van der Waals surface area contributed by atoms with Gasteiger partial charge in [0, 0.05) is 17.3 Å². The predicted octanol–water partition coefficient (Wildman–Crippen LogP) is 0.957.